The van der Waals surface area contributed by atoms with E-state index in [0.717, 1.165) is 30.6 Å². The van der Waals surface area contributed by atoms with Gasteiger partial charge in [0.15, 0.2) is 0 Å². The Bertz CT molecular complexity index is 293. The number of carbonyl (C=O) groups excluding carboxylic acids is 1. The smallest absolute Gasteiger partial charge is 0.223 e. The molecule has 1 amide bonds. The van der Waals surface area contributed by atoms with Gasteiger partial charge in [0, 0.05) is 17.8 Å². The third-order valence-corrected chi connectivity index (χ3v) is 6.25. The van der Waals surface area contributed by atoms with Crippen LogP contribution in [0.4, 0.5) is 0 Å². The van der Waals surface area contributed by atoms with Crippen LogP contribution in [-0.4, -0.2) is 17.8 Å². The molecule has 0 spiro atoms. The number of unbranched alkanes of at least 4 members (excludes halogenated alkanes) is 1. The van der Waals surface area contributed by atoms with E-state index in [1.807, 2.05) is 0 Å². The first-order chi connectivity index (χ1) is 9.19. The molecule has 0 heterocycles. The Morgan fingerprint density at radius 3 is 2.47 bits per heavy atom. The number of hydrogen-bond donors (Lipinski definition) is 1. The molecule has 2 nitrogen and oxygen atoms in total. The Morgan fingerprint density at radius 2 is 1.95 bits per heavy atom. The van der Waals surface area contributed by atoms with Gasteiger partial charge in [0.1, 0.15) is 0 Å². The Kier molecular flexibility index (Phi) is 5.73. The molecule has 3 heteroatoms. The topological polar surface area (TPSA) is 29.1 Å². The molecule has 19 heavy (non-hydrogen) atoms. The van der Waals surface area contributed by atoms with Crippen molar-refractivity contribution in [1.82, 2.24) is 5.32 Å². The van der Waals surface area contributed by atoms with Gasteiger partial charge < -0.3 is 5.32 Å². The SMILES string of the molecule is CCCCC1CCC(C(=O)NCC2(CBr)CC2)CC1. The molecule has 1 N–H and O–H groups in total. The summed E-state index contributed by atoms with van der Waals surface area (Å²) in [4.78, 5) is 12.2. The summed E-state index contributed by atoms with van der Waals surface area (Å²) < 4.78 is 0. The highest BCUT2D eigenvalue weighted by molar-refractivity contribution is 9.09. The maximum Gasteiger partial charge on any atom is 0.223 e. The van der Waals surface area contributed by atoms with E-state index in [4.69, 9.17) is 0 Å². The first-order valence-corrected chi connectivity index (χ1v) is 9.15. The van der Waals surface area contributed by atoms with Gasteiger partial charge in [0.25, 0.3) is 0 Å². The van der Waals surface area contributed by atoms with E-state index in [-0.39, 0.29) is 0 Å². The summed E-state index contributed by atoms with van der Waals surface area (Å²) in [7, 11) is 0. The van der Waals surface area contributed by atoms with Crippen LogP contribution in [-0.2, 0) is 4.79 Å². The molecule has 0 atom stereocenters. The standard InChI is InChI=1S/C16H28BrNO/c1-2-3-4-13-5-7-14(8-6-13)15(19)18-12-16(11-17)9-10-16/h13-14H,2-12H2,1H3,(H,18,19). The second kappa shape index (κ2) is 7.10. The number of nitrogens with one attached hydrogen (secondary N) is 1. The van der Waals surface area contributed by atoms with Crippen molar-refractivity contribution in [2.75, 3.05) is 11.9 Å². The summed E-state index contributed by atoms with van der Waals surface area (Å²) in [5.41, 5.74) is 0.397. The highest BCUT2D eigenvalue weighted by Crippen LogP contribution is 2.46. The normalized spacial score (nSPS) is 28.9. The number of rotatable bonds is 7. The predicted octanol–water partition coefficient (Wildman–Crippen LogP) is 4.27. The fraction of sp³-hybridized carbons (Fsp3) is 0.938. The minimum absolute atomic E-state index is 0.295. The van der Waals surface area contributed by atoms with Gasteiger partial charge in [0.2, 0.25) is 5.91 Å². The van der Waals surface area contributed by atoms with Crippen LogP contribution < -0.4 is 5.32 Å². The Labute approximate surface area is 126 Å². The van der Waals surface area contributed by atoms with Gasteiger partial charge in [-0.1, -0.05) is 42.1 Å². The number of amides is 1. The van der Waals surface area contributed by atoms with E-state index in [1.165, 1.54) is 44.9 Å². The Morgan fingerprint density at radius 1 is 1.26 bits per heavy atom. The molecule has 110 valence electrons. The van der Waals surface area contributed by atoms with Crippen molar-refractivity contribution < 1.29 is 4.79 Å². The highest BCUT2D eigenvalue weighted by atomic mass is 79.9. The number of alkyl halides is 1. The summed E-state index contributed by atoms with van der Waals surface area (Å²) in [6.07, 6.45) is 11.3. The van der Waals surface area contributed by atoms with E-state index >= 15 is 0 Å². The monoisotopic (exact) mass is 329 g/mol. The van der Waals surface area contributed by atoms with Gasteiger partial charge in [-0.25, -0.2) is 0 Å². The largest absolute Gasteiger partial charge is 0.355 e. The first-order valence-electron chi connectivity index (χ1n) is 8.03. The lowest BCUT2D eigenvalue weighted by molar-refractivity contribution is -0.126. The highest BCUT2D eigenvalue weighted by Gasteiger charge is 2.42. The Hall–Kier alpha value is -0.0500. The number of carbonyl (C=O) groups is 1. The third kappa shape index (κ3) is 4.47. The average molecular weight is 330 g/mol. The second-order valence-electron chi connectivity index (χ2n) is 6.71. The minimum Gasteiger partial charge on any atom is -0.355 e. The lowest BCUT2D eigenvalue weighted by Gasteiger charge is -2.28. The molecule has 0 unspecified atom stereocenters. The van der Waals surface area contributed by atoms with Gasteiger partial charge in [-0.2, -0.15) is 0 Å². The molecule has 0 bridgehead atoms. The van der Waals surface area contributed by atoms with Crippen molar-refractivity contribution in [3.63, 3.8) is 0 Å². The van der Waals surface area contributed by atoms with Crippen LogP contribution in [0.15, 0.2) is 0 Å². The van der Waals surface area contributed by atoms with E-state index in [9.17, 15) is 4.79 Å². The van der Waals surface area contributed by atoms with Crippen molar-refractivity contribution in [2.24, 2.45) is 17.3 Å². The van der Waals surface area contributed by atoms with E-state index in [0.29, 0.717) is 17.2 Å². The molecule has 2 aliphatic carbocycles. The maximum absolute atomic E-state index is 12.2. The van der Waals surface area contributed by atoms with Crippen molar-refractivity contribution in [1.29, 1.82) is 0 Å². The fourth-order valence-corrected chi connectivity index (χ4v) is 3.92. The van der Waals surface area contributed by atoms with Crippen LogP contribution in [0.5, 0.6) is 0 Å². The molecular weight excluding hydrogens is 302 g/mol. The lowest BCUT2D eigenvalue weighted by Crippen LogP contribution is -2.37. The van der Waals surface area contributed by atoms with Crippen LogP contribution in [0.25, 0.3) is 0 Å². The van der Waals surface area contributed by atoms with Gasteiger partial charge in [-0.15, -0.1) is 0 Å². The molecule has 0 aromatic heterocycles. The zero-order valence-electron chi connectivity index (χ0n) is 12.2. The molecular formula is C16H28BrNO. The zero-order chi connectivity index (χ0) is 13.7. The minimum atomic E-state index is 0.295. The Balaban J connectivity index is 1.65. The third-order valence-electron chi connectivity index (χ3n) is 5.06. The molecule has 2 aliphatic rings. The van der Waals surface area contributed by atoms with Crippen molar-refractivity contribution in [3.8, 4) is 0 Å². The summed E-state index contributed by atoms with van der Waals surface area (Å²) in [5, 5.41) is 4.23. The van der Waals surface area contributed by atoms with E-state index in [1.54, 1.807) is 0 Å². The van der Waals surface area contributed by atoms with Crippen LogP contribution in [0.1, 0.15) is 64.7 Å². The number of hydrogen-bond acceptors (Lipinski definition) is 1. The molecule has 0 aromatic rings. The summed E-state index contributed by atoms with van der Waals surface area (Å²) in [6.45, 7) is 3.14. The molecule has 2 saturated carbocycles. The van der Waals surface area contributed by atoms with Crippen LogP contribution in [0.2, 0.25) is 0 Å². The predicted molar refractivity (Wildman–Crippen MR) is 83.4 cm³/mol. The van der Waals surface area contributed by atoms with Crippen LogP contribution in [0, 0.1) is 17.3 Å². The van der Waals surface area contributed by atoms with Gasteiger partial charge in [-0.3, -0.25) is 4.79 Å². The van der Waals surface area contributed by atoms with Gasteiger partial charge in [0.05, 0.1) is 0 Å². The van der Waals surface area contributed by atoms with Crippen LogP contribution in [0.3, 0.4) is 0 Å². The maximum atomic E-state index is 12.2. The summed E-state index contributed by atoms with van der Waals surface area (Å²) in [5.74, 6) is 1.51. The molecule has 0 aliphatic heterocycles. The van der Waals surface area contributed by atoms with Crippen molar-refractivity contribution in [3.05, 3.63) is 0 Å². The van der Waals surface area contributed by atoms with Crippen molar-refractivity contribution in [2.45, 2.75) is 64.7 Å². The second-order valence-corrected chi connectivity index (χ2v) is 7.27. The van der Waals surface area contributed by atoms with Gasteiger partial charge in [-0.05, 0) is 49.9 Å². The fourth-order valence-electron chi connectivity index (χ4n) is 3.16. The van der Waals surface area contributed by atoms with Crippen LogP contribution >= 0.6 is 15.9 Å². The molecule has 0 saturated heterocycles. The number of halogens is 1. The molecule has 0 radical (unpaired) electrons. The van der Waals surface area contributed by atoms with E-state index < -0.39 is 0 Å². The molecule has 0 aromatic carbocycles. The van der Waals surface area contributed by atoms with E-state index in [2.05, 4.69) is 28.2 Å². The molecule has 2 fully saturated rings. The zero-order valence-corrected chi connectivity index (χ0v) is 13.8. The average Bonchev–Trinajstić information content (AvgIpc) is 3.24. The first kappa shape index (κ1) is 15.3. The lowest BCUT2D eigenvalue weighted by atomic mass is 9.79. The summed E-state index contributed by atoms with van der Waals surface area (Å²) in [6, 6.07) is 0. The van der Waals surface area contributed by atoms with Gasteiger partial charge >= 0.3 is 0 Å². The van der Waals surface area contributed by atoms with Crippen molar-refractivity contribution >= 4 is 21.8 Å². The summed E-state index contributed by atoms with van der Waals surface area (Å²) >= 11 is 3.56. The molecule has 2 rings (SSSR count). The quantitative estimate of drug-likeness (QED) is 0.694.